The van der Waals surface area contributed by atoms with Crippen LogP contribution in [-0.2, 0) is 19.1 Å². The normalized spacial score (nSPS) is 10.3. The van der Waals surface area contributed by atoms with Crippen LogP contribution in [0.2, 0.25) is 5.15 Å². The number of nitrogens with zero attached hydrogens (tertiary/aromatic N) is 2. The number of pyridine rings is 1. The van der Waals surface area contributed by atoms with Crippen LogP contribution in [0.25, 0.3) is 0 Å². The lowest BCUT2D eigenvalue weighted by Crippen LogP contribution is -2.27. The van der Waals surface area contributed by atoms with Gasteiger partial charge in [0.25, 0.3) is 0 Å². The summed E-state index contributed by atoms with van der Waals surface area (Å²) in [6.07, 6.45) is 0. The molecule has 0 aliphatic carbocycles. The van der Waals surface area contributed by atoms with Crippen molar-refractivity contribution in [3.63, 3.8) is 0 Å². The lowest BCUT2D eigenvalue weighted by Gasteiger charge is -2.13. The molecule has 1 rings (SSSR count). The summed E-state index contributed by atoms with van der Waals surface area (Å²) in [5.41, 5.74) is -0.491. The van der Waals surface area contributed by atoms with E-state index in [9.17, 15) is 19.7 Å². The Morgan fingerprint density at radius 2 is 1.81 bits per heavy atom. The minimum absolute atomic E-state index is 0.0649. The molecular weight excluding hydrogens is 304 g/mol. The van der Waals surface area contributed by atoms with Gasteiger partial charge < -0.3 is 9.47 Å². The predicted molar refractivity (Wildman–Crippen MR) is 71.9 cm³/mol. The number of rotatable bonds is 6. The second kappa shape index (κ2) is 7.53. The first kappa shape index (κ1) is 16.8. The first-order chi connectivity index (χ1) is 9.92. The highest BCUT2D eigenvalue weighted by Crippen LogP contribution is 2.26. The van der Waals surface area contributed by atoms with Crippen molar-refractivity contribution >= 4 is 29.2 Å². The molecule has 0 radical (unpaired) electrons. The Bertz CT molecular complexity index is 545. The second-order valence-electron chi connectivity index (χ2n) is 3.74. The van der Waals surface area contributed by atoms with Gasteiger partial charge in [0.15, 0.2) is 5.92 Å². The molecule has 21 heavy (non-hydrogen) atoms. The Kier molecular flexibility index (Phi) is 6.04. The van der Waals surface area contributed by atoms with E-state index in [2.05, 4.69) is 4.98 Å². The minimum Gasteiger partial charge on any atom is -0.465 e. The Balaban J connectivity index is 3.19. The number of hydrogen-bond acceptors (Lipinski definition) is 7. The van der Waals surface area contributed by atoms with Crippen LogP contribution in [0.3, 0.4) is 0 Å². The highest BCUT2D eigenvalue weighted by atomic mass is 35.5. The van der Waals surface area contributed by atoms with Crippen LogP contribution >= 0.6 is 11.6 Å². The molecule has 0 aromatic carbocycles. The van der Waals surface area contributed by atoms with E-state index in [0.717, 1.165) is 6.07 Å². The van der Waals surface area contributed by atoms with Gasteiger partial charge in [-0.15, -0.1) is 0 Å². The maximum absolute atomic E-state index is 11.9. The lowest BCUT2D eigenvalue weighted by atomic mass is 10.1. The van der Waals surface area contributed by atoms with Crippen molar-refractivity contribution in [2.24, 2.45) is 0 Å². The number of nitro groups is 1. The Morgan fingerprint density at radius 1 is 1.29 bits per heavy atom. The summed E-state index contributed by atoms with van der Waals surface area (Å²) in [7, 11) is 0. The summed E-state index contributed by atoms with van der Waals surface area (Å²) < 4.78 is 9.57. The monoisotopic (exact) mass is 316 g/mol. The lowest BCUT2D eigenvalue weighted by molar-refractivity contribution is -0.385. The zero-order valence-electron chi connectivity index (χ0n) is 11.4. The van der Waals surface area contributed by atoms with Crippen LogP contribution < -0.4 is 0 Å². The van der Waals surface area contributed by atoms with E-state index in [0.29, 0.717) is 0 Å². The molecular formula is C12H13ClN2O6. The molecule has 0 fully saturated rings. The van der Waals surface area contributed by atoms with Gasteiger partial charge in [0.2, 0.25) is 5.15 Å². The number of hydrogen-bond donors (Lipinski definition) is 0. The molecule has 0 saturated heterocycles. The van der Waals surface area contributed by atoms with E-state index in [4.69, 9.17) is 21.1 Å². The van der Waals surface area contributed by atoms with Gasteiger partial charge in [0, 0.05) is 6.07 Å². The average molecular weight is 317 g/mol. The quantitative estimate of drug-likeness (QED) is 0.259. The van der Waals surface area contributed by atoms with Gasteiger partial charge in [-0.2, -0.15) is 0 Å². The summed E-state index contributed by atoms with van der Waals surface area (Å²) in [4.78, 5) is 37.4. The van der Waals surface area contributed by atoms with E-state index < -0.39 is 33.6 Å². The van der Waals surface area contributed by atoms with E-state index in [1.165, 1.54) is 6.07 Å². The first-order valence-electron chi connectivity index (χ1n) is 6.06. The average Bonchev–Trinajstić information content (AvgIpc) is 2.39. The molecule has 0 saturated carbocycles. The van der Waals surface area contributed by atoms with Gasteiger partial charge in [-0.25, -0.2) is 4.98 Å². The molecule has 0 aliphatic rings. The van der Waals surface area contributed by atoms with Crippen LogP contribution in [0.4, 0.5) is 5.69 Å². The van der Waals surface area contributed by atoms with Crippen molar-refractivity contribution in [2.45, 2.75) is 19.8 Å². The highest BCUT2D eigenvalue weighted by Gasteiger charge is 2.34. The van der Waals surface area contributed by atoms with E-state index >= 15 is 0 Å². The van der Waals surface area contributed by atoms with Crippen molar-refractivity contribution in [3.8, 4) is 0 Å². The van der Waals surface area contributed by atoms with Crippen LogP contribution in [-0.4, -0.2) is 35.1 Å². The number of ether oxygens (including phenoxy) is 2. The molecule has 0 bridgehead atoms. The Hall–Kier alpha value is -2.22. The zero-order chi connectivity index (χ0) is 16.0. The number of halogens is 1. The number of carbonyl (C=O) groups excluding carboxylic acids is 2. The first-order valence-corrected chi connectivity index (χ1v) is 6.44. The van der Waals surface area contributed by atoms with Crippen molar-refractivity contribution in [1.29, 1.82) is 0 Å². The van der Waals surface area contributed by atoms with E-state index in [1.807, 2.05) is 0 Å². The third-order valence-electron chi connectivity index (χ3n) is 2.39. The molecule has 0 atom stereocenters. The molecule has 8 nitrogen and oxygen atoms in total. The van der Waals surface area contributed by atoms with Crippen LogP contribution in [0.1, 0.15) is 25.5 Å². The van der Waals surface area contributed by atoms with Gasteiger partial charge in [0.05, 0.1) is 23.8 Å². The third kappa shape index (κ3) is 4.12. The smallest absolute Gasteiger partial charge is 0.326 e. The summed E-state index contributed by atoms with van der Waals surface area (Å²) >= 11 is 5.67. The Morgan fingerprint density at radius 3 is 2.19 bits per heavy atom. The summed E-state index contributed by atoms with van der Waals surface area (Å²) in [6, 6.07) is 2.23. The molecule has 114 valence electrons. The molecule has 9 heteroatoms. The SMILES string of the molecule is CCOC(=O)C(C(=O)OCC)c1ccc([N+](=O)[O-])c(Cl)n1. The van der Waals surface area contributed by atoms with E-state index in [-0.39, 0.29) is 18.9 Å². The number of aromatic nitrogens is 1. The van der Waals surface area contributed by atoms with Crippen LogP contribution in [0.5, 0.6) is 0 Å². The van der Waals surface area contributed by atoms with Crippen LogP contribution in [0, 0.1) is 10.1 Å². The standard InChI is InChI=1S/C12H13ClN2O6/c1-3-20-11(16)9(12(17)21-4-2)7-5-6-8(15(18)19)10(13)14-7/h5-6,9H,3-4H2,1-2H3. The fourth-order valence-corrected chi connectivity index (χ4v) is 1.76. The number of carbonyl (C=O) groups is 2. The van der Waals surface area contributed by atoms with Crippen molar-refractivity contribution in [3.05, 3.63) is 33.1 Å². The predicted octanol–water partition coefficient (Wildman–Crippen LogP) is 1.85. The molecule has 0 amide bonds. The fourth-order valence-electron chi connectivity index (χ4n) is 1.53. The molecule has 1 aromatic heterocycles. The maximum atomic E-state index is 11.9. The van der Waals surface area contributed by atoms with Gasteiger partial charge in [-0.3, -0.25) is 19.7 Å². The Labute approximate surface area is 125 Å². The molecule has 1 heterocycles. The topological polar surface area (TPSA) is 109 Å². The molecule has 0 spiro atoms. The highest BCUT2D eigenvalue weighted by molar-refractivity contribution is 6.31. The van der Waals surface area contributed by atoms with Crippen molar-refractivity contribution in [2.75, 3.05) is 13.2 Å². The molecule has 0 unspecified atom stereocenters. The minimum atomic E-state index is -1.43. The fraction of sp³-hybridized carbons (Fsp3) is 0.417. The third-order valence-corrected chi connectivity index (χ3v) is 2.67. The molecule has 1 aromatic rings. The summed E-state index contributed by atoms with van der Waals surface area (Å²) in [6.45, 7) is 3.29. The van der Waals surface area contributed by atoms with E-state index in [1.54, 1.807) is 13.8 Å². The van der Waals surface area contributed by atoms with Crippen molar-refractivity contribution in [1.82, 2.24) is 4.98 Å². The van der Waals surface area contributed by atoms with Crippen molar-refractivity contribution < 1.29 is 24.0 Å². The largest absolute Gasteiger partial charge is 0.465 e. The van der Waals surface area contributed by atoms with Gasteiger partial charge >= 0.3 is 17.6 Å². The summed E-state index contributed by atoms with van der Waals surface area (Å²) in [5.74, 6) is -3.13. The maximum Gasteiger partial charge on any atom is 0.326 e. The second-order valence-corrected chi connectivity index (χ2v) is 4.10. The molecule has 0 aliphatic heterocycles. The zero-order valence-corrected chi connectivity index (χ0v) is 12.1. The van der Waals surface area contributed by atoms with Crippen LogP contribution in [0.15, 0.2) is 12.1 Å². The van der Waals surface area contributed by atoms with Gasteiger partial charge in [0.1, 0.15) is 0 Å². The van der Waals surface area contributed by atoms with Gasteiger partial charge in [-0.05, 0) is 19.9 Å². The number of esters is 2. The van der Waals surface area contributed by atoms with Gasteiger partial charge in [-0.1, -0.05) is 11.6 Å². The summed E-state index contributed by atoms with van der Waals surface area (Å²) in [5, 5.41) is 10.3. The molecule has 0 N–H and O–H groups in total.